The van der Waals surface area contributed by atoms with E-state index in [9.17, 15) is 4.79 Å². The Kier molecular flexibility index (Phi) is 4.23. The van der Waals surface area contributed by atoms with E-state index in [2.05, 4.69) is 5.32 Å². The Balaban J connectivity index is 2.12. The van der Waals surface area contributed by atoms with Crippen LogP contribution in [0.25, 0.3) is 0 Å². The Morgan fingerprint density at radius 3 is 2.00 bits per heavy atom. The summed E-state index contributed by atoms with van der Waals surface area (Å²) in [4.78, 5) is 12.5. The first-order chi connectivity index (χ1) is 9.51. The number of carbonyl (C=O) groups is 1. The molecule has 0 aliphatic carbocycles. The monoisotopic (exact) mass is 267 g/mol. The summed E-state index contributed by atoms with van der Waals surface area (Å²) in [6.45, 7) is 5.92. The minimum Gasteiger partial charge on any atom is -0.349 e. The van der Waals surface area contributed by atoms with Crippen LogP contribution in [0, 0.1) is 0 Å². The molecule has 20 heavy (non-hydrogen) atoms. The van der Waals surface area contributed by atoms with Gasteiger partial charge in [-0.15, -0.1) is 0 Å². The first-order valence-electron chi connectivity index (χ1n) is 6.93. The molecular weight excluding hydrogens is 246 g/mol. The zero-order valence-electron chi connectivity index (χ0n) is 12.3. The maximum atomic E-state index is 12.5. The molecule has 2 heteroatoms. The van der Waals surface area contributed by atoms with Gasteiger partial charge in [-0.05, 0) is 31.9 Å². The summed E-state index contributed by atoms with van der Waals surface area (Å²) in [7, 11) is 0. The van der Waals surface area contributed by atoms with Gasteiger partial charge in [0.15, 0.2) is 0 Å². The normalized spacial score (nSPS) is 12.8. The highest BCUT2D eigenvalue weighted by atomic mass is 16.2. The van der Waals surface area contributed by atoms with Crippen molar-refractivity contribution in [3.8, 4) is 0 Å². The molecule has 0 fully saturated rings. The van der Waals surface area contributed by atoms with Crippen molar-refractivity contribution >= 4 is 5.91 Å². The highest BCUT2D eigenvalue weighted by Crippen LogP contribution is 2.24. The lowest BCUT2D eigenvalue weighted by Gasteiger charge is -2.26. The lowest BCUT2D eigenvalue weighted by atomic mass is 9.83. The van der Waals surface area contributed by atoms with E-state index in [0.29, 0.717) is 0 Å². The summed E-state index contributed by atoms with van der Waals surface area (Å²) >= 11 is 0. The van der Waals surface area contributed by atoms with Gasteiger partial charge in [-0.25, -0.2) is 0 Å². The molecule has 0 aromatic heterocycles. The lowest BCUT2D eigenvalue weighted by Crippen LogP contribution is -2.41. The van der Waals surface area contributed by atoms with E-state index >= 15 is 0 Å². The van der Waals surface area contributed by atoms with Crippen LogP contribution in [0.2, 0.25) is 0 Å². The van der Waals surface area contributed by atoms with Crippen molar-refractivity contribution in [2.24, 2.45) is 0 Å². The van der Waals surface area contributed by atoms with Gasteiger partial charge < -0.3 is 5.32 Å². The molecule has 0 radical (unpaired) electrons. The van der Waals surface area contributed by atoms with E-state index in [0.717, 1.165) is 11.1 Å². The molecule has 0 heterocycles. The summed E-state index contributed by atoms with van der Waals surface area (Å²) in [6, 6.07) is 19.9. The molecule has 0 aliphatic rings. The maximum absolute atomic E-state index is 12.5. The minimum absolute atomic E-state index is 0.00619. The average molecular weight is 267 g/mol. The Bertz CT molecular complexity index is 560. The fourth-order valence-corrected chi connectivity index (χ4v) is 2.19. The zero-order chi connectivity index (χ0) is 14.6. The molecule has 2 aromatic carbocycles. The van der Waals surface area contributed by atoms with E-state index in [1.54, 1.807) is 0 Å². The van der Waals surface area contributed by atoms with E-state index < -0.39 is 5.41 Å². The minimum atomic E-state index is -0.537. The van der Waals surface area contributed by atoms with Gasteiger partial charge in [-0.1, -0.05) is 60.7 Å². The SMILES string of the molecule is CC(NC(=O)C(C)(C)c1ccccc1)c1ccccc1. The number of amides is 1. The van der Waals surface area contributed by atoms with Gasteiger partial charge in [-0.3, -0.25) is 4.79 Å². The van der Waals surface area contributed by atoms with Crippen LogP contribution < -0.4 is 5.32 Å². The van der Waals surface area contributed by atoms with Crippen LogP contribution in [0.15, 0.2) is 60.7 Å². The quantitative estimate of drug-likeness (QED) is 0.896. The molecule has 1 N–H and O–H groups in total. The van der Waals surface area contributed by atoms with Gasteiger partial charge >= 0.3 is 0 Å². The van der Waals surface area contributed by atoms with E-state index in [1.807, 2.05) is 81.4 Å². The number of hydrogen-bond donors (Lipinski definition) is 1. The molecule has 0 saturated heterocycles. The van der Waals surface area contributed by atoms with Crippen molar-refractivity contribution in [1.82, 2.24) is 5.32 Å². The molecular formula is C18H21NO. The molecule has 0 bridgehead atoms. The fourth-order valence-electron chi connectivity index (χ4n) is 2.19. The van der Waals surface area contributed by atoms with Crippen molar-refractivity contribution in [2.75, 3.05) is 0 Å². The topological polar surface area (TPSA) is 29.1 Å². The molecule has 2 rings (SSSR count). The average Bonchev–Trinajstić information content (AvgIpc) is 2.49. The molecule has 0 spiro atoms. The predicted molar refractivity (Wildman–Crippen MR) is 82.5 cm³/mol. The molecule has 0 saturated carbocycles. The van der Waals surface area contributed by atoms with Crippen molar-refractivity contribution < 1.29 is 4.79 Å². The second-order valence-electron chi connectivity index (χ2n) is 5.60. The molecule has 2 nitrogen and oxygen atoms in total. The highest BCUT2D eigenvalue weighted by molar-refractivity contribution is 5.87. The molecule has 1 unspecified atom stereocenters. The Morgan fingerprint density at radius 1 is 0.950 bits per heavy atom. The van der Waals surface area contributed by atoms with E-state index in [1.165, 1.54) is 0 Å². The smallest absolute Gasteiger partial charge is 0.230 e. The highest BCUT2D eigenvalue weighted by Gasteiger charge is 2.30. The summed E-state index contributed by atoms with van der Waals surface area (Å²) in [5, 5.41) is 3.10. The standard InChI is InChI=1S/C18H21NO/c1-14(15-10-6-4-7-11-15)19-17(20)18(2,3)16-12-8-5-9-13-16/h4-14H,1-3H3,(H,19,20). The summed E-state index contributed by atoms with van der Waals surface area (Å²) < 4.78 is 0. The molecule has 1 amide bonds. The summed E-state index contributed by atoms with van der Waals surface area (Å²) in [5.41, 5.74) is 1.60. The first kappa shape index (κ1) is 14.3. The van der Waals surface area contributed by atoms with Crippen molar-refractivity contribution in [3.05, 3.63) is 71.8 Å². The van der Waals surface area contributed by atoms with Crippen LogP contribution in [0.3, 0.4) is 0 Å². The van der Waals surface area contributed by atoms with Crippen LogP contribution >= 0.6 is 0 Å². The number of carbonyl (C=O) groups excluding carboxylic acids is 1. The summed E-state index contributed by atoms with van der Waals surface area (Å²) in [6.07, 6.45) is 0. The van der Waals surface area contributed by atoms with Crippen LogP contribution in [0.1, 0.15) is 37.9 Å². The fraction of sp³-hybridized carbons (Fsp3) is 0.278. The third-order valence-corrected chi connectivity index (χ3v) is 3.71. The first-order valence-corrected chi connectivity index (χ1v) is 6.93. The van der Waals surface area contributed by atoms with E-state index in [-0.39, 0.29) is 11.9 Å². The van der Waals surface area contributed by atoms with Gasteiger partial charge in [0.1, 0.15) is 0 Å². The second-order valence-corrected chi connectivity index (χ2v) is 5.60. The van der Waals surface area contributed by atoms with Crippen LogP contribution in [0.4, 0.5) is 0 Å². The van der Waals surface area contributed by atoms with Gasteiger partial charge in [0.05, 0.1) is 11.5 Å². The Morgan fingerprint density at radius 2 is 1.45 bits per heavy atom. The third-order valence-electron chi connectivity index (χ3n) is 3.71. The van der Waals surface area contributed by atoms with Gasteiger partial charge in [0.2, 0.25) is 5.91 Å². The third kappa shape index (κ3) is 3.08. The Hall–Kier alpha value is -2.09. The second kappa shape index (κ2) is 5.91. The van der Waals surface area contributed by atoms with Gasteiger partial charge in [0.25, 0.3) is 0 Å². The van der Waals surface area contributed by atoms with Crippen molar-refractivity contribution in [2.45, 2.75) is 32.2 Å². The number of nitrogens with one attached hydrogen (secondary N) is 1. The molecule has 2 aromatic rings. The summed E-state index contributed by atoms with van der Waals surface area (Å²) in [5.74, 6) is 0.0417. The van der Waals surface area contributed by atoms with Gasteiger partial charge in [-0.2, -0.15) is 0 Å². The van der Waals surface area contributed by atoms with E-state index in [4.69, 9.17) is 0 Å². The molecule has 0 aliphatic heterocycles. The number of hydrogen-bond acceptors (Lipinski definition) is 1. The van der Waals surface area contributed by atoms with Gasteiger partial charge in [0, 0.05) is 0 Å². The van der Waals surface area contributed by atoms with Crippen molar-refractivity contribution in [3.63, 3.8) is 0 Å². The zero-order valence-corrected chi connectivity index (χ0v) is 12.3. The van der Waals surface area contributed by atoms with Crippen LogP contribution in [-0.4, -0.2) is 5.91 Å². The number of benzene rings is 2. The maximum Gasteiger partial charge on any atom is 0.230 e. The number of rotatable bonds is 4. The van der Waals surface area contributed by atoms with Crippen LogP contribution in [0.5, 0.6) is 0 Å². The van der Waals surface area contributed by atoms with Crippen LogP contribution in [-0.2, 0) is 10.2 Å². The largest absolute Gasteiger partial charge is 0.349 e. The predicted octanol–water partition coefficient (Wildman–Crippen LogP) is 3.84. The molecule has 104 valence electrons. The Labute approximate surface area is 120 Å². The van der Waals surface area contributed by atoms with Crippen molar-refractivity contribution in [1.29, 1.82) is 0 Å². The molecule has 1 atom stereocenters. The lowest BCUT2D eigenvalue weighted by molar-refractivity contribution is -0.126.